The first-order valence-electron chi connectivity index (χ1n) is 6.53. The molecule has 1 N–H and O–H groups in total. The minimum absolute atomic E-state index is 0.687. The van der Waals surface area contributed by atoms with Crippen LogP contribution in [0.2, 0.25) is 0 Å². The summed E-state index contributed by atoms with van der Waals surface area (Å²) in [5, 5.41) is 11.4. The van der Waals surface area contributed by atoms with Crippen LogP contribution in [0.4, 0.5) is 0 Å². The van der Waals surface area contributed by atoms with Gasteiger partial charge in [0.1, 0.15) is 5.75 Å². The second-order valence-corrected chi connectivity index (χ2v) is 4.92. The van der Waals surface area contributed by atoms with Gasteiger partial charge in [-0.15, -0.1) is 5.10 Å². The van der Waals surface area contributed by atoms with E-state index in [1.54, 1.807) is 18.0 Å². The molecular weight excluding hydrogens is 240 g/mol. The van der Waals surface area contributed by atoms with Gasteiger partial charge < -0.3 is 10.1 Å². The van der Waals surface area contributed by atoms with Crippen molar-refractivity contribution in [3.05, 3.63) is 30.0 Å². The second-order valence-electron chi connectivity index (χ2n) is 4.92. The van der Waals surface area contributed by atoms with Gasteiger partial charge in [-0.1, -0.05) is 5.21 Å². The molecule has 0 unspecified atom stereocenters. The molecule has 1 aliphatic rings. The number of methoxy groups -OCH3 is 1. The summed E-state index contributed by atoms with van der Waals surface area (Å²) in [7, 11) is 3.61. The molecule has 5 heteroatoms. The van der Waals surface area contributed by atoms with Crippen LogP contribution in [0.3, 0.4) is 0 Å². The maximum Gasteiger partial charge on any atom is 0.123 e. The molecule has 5 nitrogen and oxygen atoms in total. The normalized spacial score (nSPS) is 14.6. The summed E-state index contributed by atoms with van der Waals surface area (Å²) >= 11 is 0. The van der Waals surface area contributed by atoms with Gasteiger partial charge in [0.15, 0.2) is 0 Å². The van der Waals surface area contributed by atoms with Gasteiger partial charge in [0.2, 0.25) is 0 Å². The Balaban J connectivity index is 1.89. The molecule has 1 aromatic carbocycles. The lowest BCUT2D eigenvalue weighted by molar-refractivity contribution is 0.407. The molecule has 1 heterocycles. The van der Waals surface area contributed by atoms with Gasteiger partial charge in [0.05, 0.1) is 19.0 Å². The fraction of sp³-hybridized carbons (Fsp3) is 0.429. The summed E-state index contributed by atoms with van der Waals surface area (Å²) in [6, 6.07) is 6.88. The monoisotopic (exact) mass is 258 g/mol. The topological polar surface area (TPSA) is 52.0 Å². The third kappa shape index (κ3) is 2.61. The molecule has 1 saturated carbocycles. The van der Waals surface area contributed by atoms with Crippen molar-refractivity contribution in [2.75, 3.05) is 7.11 Å². The van der Waals surface area contributed by atoms with Crippen LogP contribution in [0.15, 0.2) is 24.4 Å². The van der Waals surface area contributed by atoms with E-state index in [1.807, 2.05) is 19.2 Å². The number of hydrogen-bond acceptors (Lipinski definition) is 4. The fourth-order valence-electron chi connectivity index (χ4n) is 2.17. The number of rotatable bonds is 5. The van der Waals surface area contributed by atoms with Crippen molar-refractivity contribution < 1.29 is 4.74 Å². The summed E-state index contributed by atoms with van der Waals surface area (Å²) in [5.74, 6) is 0.923. The minimum Gasteiger partial charge on any atom is -0.496 e. The molecule has 0 radical (unpaired) electrons. The zero-order chi connectivity index (χ0) is 13.2. The maximum atomic E-state index is 5.42. The molecule has 0 spiro atoms. The van der Waals surface area contributed by atoms with E-state index in [2.05, 4.69) is 21.7 Å². The molecule has 0 atom stereocenters. The number of benzene rings is 1. The van der Waals surface area contributed by atoms with Gasteiger partial charge >= 0.3 is 0 Å². The molecule has 100 valence electrons. The second kappa shape index (κ2) is 5.01. The molecule has 1 aromatic heterocycles. The number of aromatic nitrogens is 3. The molecule has 1 fully saturated rings. The lowest BCUT2D eigenvalue weighted by atomic mass is 10.1. The molecule has 0 amide bonds. The summed E-state index contributed by atoms with van der Waals surface area (Å²) in [5.41, 5.74) is 3.30. The Bertz CT molecular complexity index is 575. The van der Waals surface area contributed by atoms with E-state index >= 15 is 0 Å². The van der Waals surface area contributed by atoms with E-state index in [1.165, 1.54) is 18.4 Å². The summed E-state index contributed by atoms with van der Waals surface area (Å²) in [4.78, 5) is 0. The number of hydrogen-bond donors (Lipinski definition) is 1. The Morgan fingerprint density at radius 1 is 1.42 bits per heavy atom. The number of ether oxygens (including phenoxy) is 1. The van der Waals surface area contributed by atoms with E-state index in [0.29, 0.717) is 6.04 Å². The van der Waals surface area contributed by atoms with Crippen LogP contribution >= 0.6 is 0 Å². The van der Waals surface area contributed by atoms with Crippen molar-refractivity contribution in [3.8, 4) is 17.0 Å². The van der Waals surface area contributed by atoms with Crippen molar-refractivity contribution in [1.82, 2.24) is 20.3 Å². The lowest BCUT2D eigenvalue weighted by Gasteiger charge is -2.11. The summed E-state index contributed by atoms with van der Waals surface area (Å²) in [6.45, 7) is 0.840. The number of nitrogens with one attached hydrogen (secondary N) is 1. The standard InChI is InChI=1S/C14H18N4O/c1-18-13(9-16-17-18)10-3-6-14(19-2)11(7-10)8-15-12-4-5-12/h3,6-7,9,12,15H,4-5,8H2,1-2H3. The highest BCUT2D eigenvalue weighted by atomic mass is 16.5. The average molecular weight is 258 g/mol. The SMILES string of the molecule is COc1ccc(-c2cnnn2C)cc1CNC1CC1. The molecule has 2 aromatic rings. The van der Waals surface area contributed by atoms with Gasteiger partial charge in [-0.25, -0.2) is 4.68 Å². The van der Waals surface area contributed by atoms with Crippen LogP contribution in [0, 0.1) is 0 Å². The van der Waals surface area contributed by atoms with Crippen LogP contribution in [-0.2, 0) is 13.6 Å². The van der Waals surface area contributed by atoms with E-state index in [9.17, 15) is 0 Å². The first-order valence-corrected chi connectivity index (χ1v) is 6.53. The van der Waals surface area contributed by atoms with Gasteiger partial charge in [-0.3, -0.25) is 0 Å². The van der Waals surface area contributed by atoms with Crippen LogP contribution in [0.1, 0.15) is 18.4 Å². The van der Waals surface area contributed by atoms with E-state index in [-0.39, 0.29) is 0 Å². The maximum absolute atomic E-state index is 5.42. The van der Waals surface area contributed by atoms with Crippen LogP contribution < -0.4 is 10.1 Å². The number of nitrogens with zero attached hydrogens (tertiary/aromatic N) is 3. The zero-order valence-corrected chi connectivity index (χ0v) is 11.3. The first-order chi connectivity index (χ1) is 9.28. The first kappa shape index (κ1) is 12.2. The van der Waals surface area contributed by atoms with Crippen LogP contribution in [0.25, 0.3) is 11.3 Å². The zero-order valence-electron chi connectivity index (χ0n) is 11.3. The van der Waals surface area contributed by atoms with Crippen molar-refractivity contribution in [1.29, 1.82) is 0 Å². The summed E-state index contributed by atoms with van der Waals surface area (Å²) < 4.78 is 7.20. The average Bonchev–Trinajstić information content (AvgIpc) is 3.17. The van der Waals surface area contributed by atoms with Gasteiger partial charge in [0.25, 0.3) is 0 Å². The molecule has 0 bridgehead atoms. The van der Waals surface area contributed by atoms with E-state index in [4.69, 9.17) is 4.74 Å². The minimum atomic E-state index is 0.687. The molecule has 0 saturated heterocycles. The van der Waals surface area contributed by atoms with Gasteiger partial charge in [-0.05, 0) is 31.0 Å². The quantitative estimate of drug-likeness (QED) is 0.887. The molecule has 1 aliphatic carbocycles. The van der Waals surface area contributed by atoms with Crippen molar-refractivity contribution >= 4 is 0 Å². The third-order valence-corrected chi connectivity index (χ3v) is 3.45. The summed E-state index contributed by atoms with van der Waals surface area (Å²) in [6.07, 6.45) is 4.35. The third-order valence-electron chi connectivity index (χ3n) is 3.45. The smallest absolute Gasteiger partial charge is 0.123 e. The highest BCUT2D eigenvalue weighted by Gasteiger charge is 2.20. The molecule has 0 aliphatic heterocycles. The van der Waals surface area contributed by atoms with Gasteiger partial charge in [0, 0.05) is 30.8 Å². The predicted octanol–water partition coefficient (Wildman–Crippen LogP) is 1.74. The van der Waals surface area contributed by atoms with Crippen LogP contribution in [-0.4, -0.2) is 28.1 Å². The Kier molecular flexibility index (Phi) is 3.21. The highest BCUT2D eigenvalue weighted by Crippen LogP contribution is 2.27. The Morgan fingerprint density at radius 2 is 2.26 bits per heavy atom. The fourth-order valence-corrected chi connectivity index (χ4v) is 2.17. The largest absolute Gasteiger partial charge is 0.496 e. The van der Waals surface area contributed by atoms with E-state index < -0.39 is 0 Å². The van der Waals surface area contributed by atoms with Crippen LogP contribution in [0.5, 0.6) is 5.75 Å². The Morgan fingerprint density at radius 3 is 2.89 bits per heavy atom. The lowest BCUT2D eigenvalue weighted by Crippen LogP contribution is -2.16. The van der Waals surface area contributed by atoms with Crippen molar-refractivity contribution in [2.45, 2.75) is 25.4 Å². The van der Waals surface area contributed by atoms with E-state index in [0.717, 1.165) is 23.6 Å². The van der Waals surface area contributed by atoms with Crippen molar-refractivity contribution in [2.24, 2.45) is 7.05 Å². The predicted molar refractivity (Wildman–Crippen MR) is 72.9 cm³/mol. The molecule has 3 rings (SSSR count). The molecular formula is C14H18N4O. The number of aryl methyl sites for hydroxylation is 1. The van der Waals surface area contributed by atoms with Gasteiger partial charge in [-0.2, -0.15) is 0 Å². The highest BCUT2D eigenvalue weighted by molar-refractivity contribution is 5.61. The Labute approximate surface area is 112 Å². The Hall–Kier alpha value is -1.88. The molecule has 19 heavy (non-hydrogen) atoms. The van der Waals surface area contributed by atoms with Crippen molar-refractivity contribution in [3.63, 3.8) is 0 Å².